The summed E-state index contributed by atoms with van der Waals surface area (Å²) in [5.41, 5.74) is 11.0. The van der Waals surface area contributed by atoms with Gasteiger partial charge in [-0.1, -0.05) is 0 Å². The van der Waals surface area contributed by atoms with Crippen LogP contribution in [0.5, 0.6) is 0 Å². The lowest BCUT2D eigenvalue weighted by atomic mass is 10.4. The van der Waals surface area contributed by atoms with E-state index in [0.717, 1.165) is 11.5 Å². The molecule has 0 radical (unpaired) electrons. The van der Waals surface area contributed by atoms with Crippen LogP contribution in [0, 0.1) is 6.92 Å². The standard InChI is InChI=1S/C10H14N6O/c1-6-3-4-7(17-6)5-16(2)10-14-8(11)13-9(12)15-10/h3-4H,5H2,1-2H3,(H4,11,12,13,14,15). The maximum Gasteiger partial charge on any atom is 0.232 e. The van der Waals surface area contributed by atoms with Gasteiger partial charge < -0.3 is 20.8 Å². The molecule has 2 rings (SSSR count). The first-order valence-corrected chi connectivity index (χ1v) is 5.08. The molecule has 0 unspecified atom stereocenters. The second kappa shape index (κ2) is 4.28. The van der Waals surface area contributed by atoms with Gasteiger partial charge in [0, 0.05) is 7.05 Å². The highest BCUT2D eigenvalue weighted by molar-refractivity contribution is 5.39. The predicted molar refractivity (Wildman–Crippen MR) is 64.2 cm³/mol. The number of nitrogens with two attached hydrogens (primary N) is 2. The van der Waals surface area contributed by atoms with Gasteiger partial charge in [0.25, 0.3) is 0 Å². The Labute approximate surface area is 98.5 Å². The zero-order valence-corrected chi connectivity index (χ0v) is 9.71. The van der Waals surface area contributed by atoms with Gasteiger partial charge in [-0.15, -0.1) is 0 Å². The van der Waals surface area contributed by atoms with Crippen LogP contribution in [-0.2, 0) is 6.54 Å². The highest BCUT2D eigenvalue weighted by Crippen LogP contribution is 2.14. The summed E-state index contributed by atoms with van der Waals surface area (Å²) in [4.78, 5) is 13.5. The van der Waals surface area contributed by atoms with Crippen molar-refractivity contribution in [3.05, 3.63) is 23.7 Å². The molecule has 7 heteroatoms. The first-order valence-electron chi connectivity index (χ1n) is 5.08. The number of hydrogen-bond acceptors (Lipinski definition) is 7. The van der Waals surface area contributed by atoms with Gasteiger partial charge in [-0.2, -0.15) is 15.0 Å². The molecule has 0 aromatic carbocycles. The average molecular weight is 234 g/mol. The van der Waals surface area contributed by atoms with Gasteiger partial charge in [-0.25, -0.2) is 0 Å². The average Bonchev–Trinajstić information content (AvgIpc) is 2.62. The van der Waals surface area contributed by atoms with Crippen molar-refractivity contribution in [3.8, 4) is 0 Å². The van der Waals surface area contributed by atoms with Gasteiger partial charge in [0.1, 0.15) is 11.5 Å². The molecule has 0 fully saturated rings. The molecule has 0 aliphatic carbocycles. The van der Waals surface area contributed by atoms with Crippen LogP contribution in [0.25, 0.3) is 0 Å². The largest absolute Gasteiger partial charge is 0.464 e. The number of rotatable bonds is 3. The van der Waals surface area contributed by atoms with Crippen LogP contribution in [0.3, 0.4) is 0 Å². The lowest BCUT2D eigenvalue weighted by Gasteiger charge is -2.15. The highest BCUT2D eigenvalue weighted by Gasteiger charge is 2.09. The summed E-state index contributed by atoms with van der Waals surface area (Å²) in [6, 6.07) is 3.80. The summed E-state index contributed by atoms with van der Waals surface area (Å²) in [6.07, 6.45) is 0. The van der Waals surface area contributed by atoms with Crippen molar-refractivity contribution in [1.82, 2.24) is 15.0 Å². The van der Waals surface area contributed by atoms with Gasteiger partial charge in [-0.05, 0) is 19.1 Å². The van der Waals surface area contributed by atoms with Crippen molar-refractivity contribution in [2.75, 3.05) is 23.4 Å². The Kier molecular flexibility index (Phi) is 2.82. The van der Waals surface area contributed by atoms with E-state index in [1.54, 1.807) is 4.90 Å². The second-order valence-corrected chi connectivity index (χ2v) is 3.72. The summed E-state index contributed by atoms with van der Waals surface area (Å²) in [7, 11) is 1.83. The van der Waals surface area contributed by atoms with Crippen LogP contribution in [-0.4, -0.2) is 22.0 Å². The van der Waals surface area contributed by atoms with Crippen LogP contribution < -0.4 is 16.4 Å². The predicted octanol–water partition coefficient (Wildman–Crippen LogP) is 0.574. The second-order valence-electron chi connectivity index (χ2n) is 3.72. The Balaban J connectivity index is 2.16. The lowest BCUT2D eigenvalue weighted by molar-refractivity contribution is 0.480. The van der Waals surface area contributed by atoms with Gasteiger partial charge in [-0.3, -0.25) is 0 Å². The Morgan fingerprint density at radius 1 is 1.18 bits per heavy atom. The monoisotopic (exact) mass is 234 g/mol. The van der Waals surface area contributed by atoms with Gasteiger partial charge in [0.2, 0.25) is 17.8 Å². The third-order valence-electron chi connectivity index (χ3n) is 2.19. The number of hydrogen-bond donors (Lipinski definition) is 2. The fourth-order valence-electron chi connectivity index (χ4n) is 1.44. The molecule has 90 valence electrons. The maximum atomic E-state index is 5.50. The maximum absolute atomic E-state index is 5.50. The van der Waals surface area contributed by atoms with Crippen molar-refractivity contribution in [3.63, 3.8) is 0 Å². The molecule has 0 atom stereocenters. The number of aryl methyl sites for hydroxylation is 1. The normalized spacial score (nSPS) is 10.5. The molecule has 17 heavy (non-hydrogen) atoms. The van der Waals surface area contributed by atoms with Crippen LogP contribution in [0.1, 0.15) is 11.5 Å². The molecule has 0 aliphatic heterocycles. The van der Waals surface area contributed by atoms with Crippen LogP contribution in [0.2, 0.25) is 0 Å². The van der Waals surface area contributed by atoms with Crippen LogP contribution in [0.4, 0.5) is 17.8 Å². The lowest BCUT2D eigenvalue weighted by Crippen LogP contribution is -2.20. The Morgan fingerprint density at radius 3 is 2.35 bits per heavy atom. The quantitative estimate of drug-likeness (QED) is 0.799. The minimum absolute atomic E-state index is 0.106. The molecule has 7 nitrogen and oxygen atoms in total. The minimum Gasteiger partial charge on any atom is -0.464 e. The topological polar surface area (TPSA) is 107 Å². The fourth-order valence-corrected chi connectivity index (χ4v) is 1.44. The number of nitrogens with zero attached hydrogens (tertiary/aromatic N) is 4. The third kappa shape index (κ3) is 2.63. The number of aromatic nitrogens is 3. The van der Waals surface area contributed by atoms with Crippen LogP contribution in [0.15, 0.2) is 16.5 Å². The van der Waals surface area contributed by atoms with Crippen molar-refractivity contribution in [2.45, 2.75) is 13.5 Å². The van der Waals surface area contributed by atoms with E-state index in [1.165, 1.54) is 0 Å². The van der Waals surface area contributed by atoms with E-state index in [2.05, 4.69) is 15.0 Å². The Morgan fingerprint density at radius 2 is 1.82 bits per heavy atom. The van der Waals surface area contributed by atoms with Gasteiger partial charge >= 0.3 is 0 Å². The summed E-state index contributed by atoms with van der Waals surface area (Å²) < 4.78 is 5.46. The number of furan rings is 1. The van der Waals surface area contributed by atoms with E-state index in [4.69, 9.17) is 15.9 Å². The van der Waals surface area contributed by atoms with Crippen LogP contribution >= 0.6 is 0 Å². The minimum atomic E-state index is 0.106. The van der Waals surface area contributed by atoms with E-state index in [0.29, 0.717) is 12.5 Å². The van der Waals surface area contributed by atoms with Gasteiger partial charge in [0.15, 0.2) is 0 Å². The van der Waals surface area contributed by atoms with E-state index in [1.807, 2.05) is 26.1 Å². The van der Waals surface area contributed by atoms with E-state index in [9.17, 15) is 0 Å². The SMILES string of the molecule is Cc1ccc(CN(C)c2nc(N)nc(N)n2)o1. The summed E-state index contributed by atoms with van der Waals surface area (Å²) in [6.45, 7) is 2.43. The zero-order chi connectivity index (χ0) is 12.4. The highest BCUT2D eigenvalue weighted by atomic mass is 16.3. The molecule has 0 saturated heterocycles. The van der Waals surface area contributed by atoms with Crippen molar-refractivity contribution >= 4 is 17.8 Å². The molecule has 0 bridgehead atoms. The fraction of sp³-hybridized carbons (Fsp3) is 0.300. The summed E-state index contributed by atoms with van der Waals surface area (Å²) >= 11 is 0. The molecule has 0 aliphatic rings. The van der Waals surface area contributed by atoms with E-state index >= 15 is 0 Å². The molecule has 0 saturated carbocycles. The molecular weight excluding hydrogens is 220 g/mol. The first-order chi connectivity index (χ1) is 8.04. The summed E-state index contributed by atoms with van der Waals surface area (Å²) in [5.74, 6) is 2.32. The third-order valence-corrected chi connectivity index (χ3v) is 2.19. The van der Waals surface area contributed by atoms with Crippen molar-refractivity contribution < 1.29 is 4.42 Å². The molecular formula is C10H14N6O. The number of nitrogen functional groups attached to an aromatic ring is 2. The molecule has 0 spiro atoms. The summed E-state index contributed by atoms with van der Waals surface area (Å²) in [5, 5.41) is 0. The molecule has 0 amide bonds. The molecule has 2 aromatic rings. The Hall–Kier alpha value is -2.31. The number of anilines is 3. The Bertz CT molecular complexity index is 503. The van der Waals surface area contributed by atoms with Crippen molar-refractivity contribution in [1.29, 1.82) is 0 Å². The smallest absolute Gasteiger partial charge is 0.232 e. The molecule has 2 heterocycles. The van der Waals surface area contributed by atoms with E-state index in [-0.39, 0.29) is 11.9 Å². The first kappa shape index (κ1) is 11.2. The van der Waals surface area contributed by atoms with Crippen molar-refractivity contribution in [2.24, 2.45) is 0 Å². The molecule has 2 aromatic heterocycles. The molecule has 4 N–H and O–H groups in total. The van der Waals surface area contributed by atoms with Gasteiger partial charge in [0.05, 0.1) is 6.54 Å². The zero-order valence-electron chi connectivity index (χ0n) is 9.71. The van der Waals surface area contributed by atoms with E-state index < -0.39 is 0 Å².